The first kappa shape index (κ1) is 17.2. The number of ether oxygens (including phenoxy) is 3. The lowest BCUT2D eigenvalue weighted by Gasteiger charge is -2.34. The molecule has 0 saturated heterocycles. The summed E-state index contributed by atoms with van der Waals surface area (Å²) in [7, 11) is 2.44. The highest BCUT2D eigenvalue weighted by atomic mass is 32.1. The summed E-state index contributed by atoms with van der Waals surface area (Å²) in [4.78, 5) is 22.8. The minimum Gasteiger partial charge on any atom is -0.468 e. The monoisotopic (exact) mass is 280 g/mol. The van der Waals surface area contributed by atoms with Crippen LogP contribution in [0.5, 0.6) is 0 Å². The Morgan fingerprint density at radius 3 is 2.28 bits per heavy atom. The second-order valence-corrected chi connectivity index (χ2v) is 4.95. The summed E-state index contributed by atoms with van der Waals surface area (Å²) >= 11 is 4.19. The topological polar surface area (TPSA) is 82.1 Å². The van der Waals surface area contributed by atoms with Crippen LogP contribution in [-0.4, -0.2) is 49.4 Å². The molecule has 0 fully saturated rings. The number of methoxy groups -OCH3 is 2. The van der Waals surface area contributed by atoms with Gasteiger partial charge in [-0.2, -0.15) is 12.6 Å². The van der Waals surface area contributed by atoms with Gasteiger partial charge < -0.3 is 19.3 Å². The Balaban J connectivity index is 5.24. The van der Waals surface area contributed by atoms with Crippen LogP contribution in [0.1, 0.15) is 20.3 Å². The third-order valence-electron chi connectivity index (χ3n) is 2.48. The zero-order valence-electron chi connectivity index (χ0n) is 11.0. The van der Waals surface area contributed by atoms with E-state index in [4.69, 9.17) is 9.47 Å². The lowest BCUT2D eigenvalue weighted by Crippen LogP contribution is -2.49. The lowest BCUT2D eigenvalue weighted by atomic mass is 9.83. The van der Waals surface area contributed by atoms with Crippen LogP contribution in [0, 0.1) is 5.41 Å². The highest BCUT2D eigenvalue weighted by Crippen LogP contribution is 2.32. The van der Waals surface area contributed by atoms with Crippen LogP contribution in [0.25, 0.3) is 0 Å². The SMILES string of the molecule is COC(=O)C(COC(C)=O)(CC(C)S)C(O)OC. The largest absolute Gasteiger partial charge is 0.468 e. The number of hydrogen-bond acceptors (Lipinski definition) is 7. The van der Waals surface area contributed by atoms with Gasteiger partial charge in [0.05, 0.1) is 7.11 Å². The molecule has 3 unspecified atom stereocenters. The average Bonchev–Trinajstić information content (AvgIpc) is 2.31. The first-order valence-electron chi connectivity index (χ1n) is 5.41. The molecular weight excluding hydrogens is 260 g/mol. The molecule has 0 spiro atoms. The maximum Gasteiger partial charge on any atom is 0.320 e. The predicted molar refractivity (Wildman–Crippen MR) is 67.2 cm³/mol. The third kappa shape index (κ3) is 4.47. The number of rotatable bonds is 7. The first-order chi connectivity index (χ1) is 8.30. The van der Waals surface area contributed by atoms with E-state index in [9.17, 15) is 14.7 Å². The number of thiol groups is 1. The van der Waals surface area contributed by atoms with Crippen molar-refractivity contribution in [1.29, 1.82) is 0 Å². The molecule has 0 saturated carbocycles. The summed E-state index contributed by atoms with van der Waals surface area (Å²) in [6.45, 7) is 2.64. The maximum absolute atomic E-state index is 11.9. The van der Waals surface area contributed by atoms with E-state index in [1.54, 1.807) is 6.92 Å². The number of carbonyl (C=O) groups is 2. The molecule has 0 heterocycles. The van der Waals surface area contributed by atoms with Gasteiger partial charge in [0.1, 0.15) is 6.61 Å². The molecule has 18 heavy (non-hydrogen) atoms. The normalized spacial score (nSPS) is 17.4. The maximum atomic E-state index is 11.9. The second kappa shape index (κ2) is 7.60. The van der Waals surface area contributed by atoms with Crippen molar-refractivity contribution in [1.82, 2.24) is 0 Å². The van der Waals surface area contributed by atoms with Gasteiger partial charge in [0.15, 0.2) is 11.7 Å². The molecule has 0 radical (unpaired) electrons. The third-order valence-corrected chi connectivity index (χ3v) is 2.66. The average molecular weight is 280 g/mol. The van der Waals surface area contributed by atoms with Crippen LogP contribution in [0.3, 0.4) is 0 Å². The molecule has 7 heteroatoms. The molecule has 0 aromatic rings. The molecule has 1 N–H and O–H groups in total. The van der Waals surface area contributed by atoms with Gasteiger partial charge in [-0.1, -0.05) is 6.92 Å². The van der Waals surface area contributed by atoms with Crippen LogP contribution in [0.2, 0.25) is 0 Å². The van der Waals surface area contributed by atoms with Crippen LogP contribution in [-0.2, 0) is 23.8 Å². The molecule has 106 valence electrons. The van der Waals surface area contributed by atoms with Crippen molar-refractivity contribution in [3.05, 3.63) is 0 Å². The number of aliphatic hydroxyl groups excluding tert-OH is 1. The predicted octanol–water partition coefficient (Wildman–Crippen LogP) is 0.382. The van der Waals surface area contributed by atoms with E-state index in [1.807, 2.05) is 0 Å². The first-order valence-corrected chi connectivity index (χ1v) is 5.92. The molecule has 6 nitrogen and oxygen atoms in total. The molecular formula is C11H20O6S. The van der Waals surface area contributed by atoms with Crippen molar-refractivity contribution in [2.24, 2.45) is 5.41 Å². The molecule has 0 amide bonds. The molecule has 0 aliphatic rings. The second-order valence-electron chi connectivity index (χ2n) is 4.07. The van der Waals surface area contributed by atoms with Crippen molar-refractivity contribution in [2.75, 3.05) is 20.8 Å². The van der Waals surface area contributed by atoms with Gasteiger partial charge >= 0.3 is 11.9 Å². The van der Waals surface area contributed by atoms with Crippen molar-refractivity contribution in [3.8, 4) is 0 Å². The Morgan fingerprint density at radius 2 is 1.94 bits per heavy atom. The molecule has 0 aliphatic heterocycles. The summed E-state index contributed by atoms with van der Waals surface area (Å²) in [6, 6.07) is 0. The lowest BCUT2D eigenvalue weighted by molar-refractivity contribution is -0.205. The van der Waals surface area contributed by atoms with Crippen LogP contribution in [0.15, 0.2) is 0 Å². The smallest absolute Gasteiger partial charge is 0.320 e. The summed E-state index contributed by atoms with van der Waals surface area (Å²) in [5, 5.41) is 9.67. The van der Waals surface area contributed by atoms with Gasteiger partial charge in [-0.3, -0.25) is 9.59 Å². The minimum atomic E-state index is -1.48. The van der Waals surface area contributed by atoms with Gasteiger partial charge in [-0.25, -0.2) is 0 Å². The van der Waals surface area contributed by atoms with Gasteiger partial charge in [0.2, 0.25) is 0 Å². The Morgan fingerprint density at radius 1 is 1.39 bits per heavy atom. The van der Waals surface area contributed by atoms with Crippen molar-refractivity contribution < 1.29 is 28.9 Å². The molecule has 0 bridgehead atoms. The van der Waals surface area contributed by atoms with Crippen LogP contribution >= 0.6 is 12.6 Å². The molecule has 0 aromatic heterocycles. The summed E-state index contributed by atoms with van der Waals surface area (Å²) in [6.07, 6.45) is -1.30. The molecule has 0 aromatic carbocycles. The Hall–Kier alpha value is -0.790. The number of carbonyl (C=O) groups excluding carboxylic acids is 2. The zero-order valence-corrected chi connectivity index (χ0v) is 11.9. The fourth-order valence-corrected chi connectivity index (χ4v) is 1.99. The van der Waals surface area contributed by atoms with E-state index >= 15 is 0 Å². The van der Waals surface area contributed by atoms with Crippen LogP contribution < -0.4 is 0 Å². The van der Waals surface area contributed by atoms with Gasteiger partial charge in [0, 0.05) is 19.3 Å². The Labute approximate surface area is 112 Å². The van der Waals surface area contributed by atoms with E-state index < -0.39 is 23.6 Å². The van der Waals surface area contributed by atoms with Gasteiger partial charge in [0.25, 0.3) is 0 Å². The van der Waals surface area contributed by atoms with E-state index in [0.29, 0.717) is 0 Å². The molecule has 0 rings (SSSR count). The fraction of sp³-hybridized carbons (Fsp3) is 0.818. The molecule has 0 aliphatic carbocycles. The molecule has 3 atom stereocenters. The zero-order chi connectivity index (χ0) is 14.3. The van der Waals surface area contributed by atoms with E-state index in [2.05, 4.69) is 17.4 Å². The summed E-state index contributed by atoms with van der Waals surface area (Å²) in [5.74, 6) is -1.27. The minimum absolute atomic E-state index is 0.144. The van der Waals surface area contributed by atoms with Crippen molar-refractivity contribution in [2.45, 2.75) is 31.8 Å². The van der Waals surface area contributed by atoms with Crippen molar-refractivity contribution in [3.63, 3.8) is 0 Å². The van der Waals surface area contributed by atoms with E-state index in [-0.39, 0.29) is 18.3 Å². The van der Waals surface area contributed by atoms with Gasteiger partial charge in [-0.05, 0) is 6.42 Å². The number of aliphatic hydroxyl groups is 1. The highest BCUT2D eigenvalue weighted by Gasteiger charge is 2.48. The summed E-state index contributed by atoms with van der Waals surface area (Å²) < 4.78 is 14.3. The summed E-state index contributed by atoms with van der Waals surface area (Å²) in [5.41, 5.74) is -1.48. The Bertz CT molecular complexity index is 293. The Kier molecular flexibility index (Phi) is 7.27. The fourth-order valence-electron chi connectivity index (χ4n) is 1.66. The van der Waals surface area contributed by atoms with E-state index in [0.717, 1.165) is 0 Å². The number of hydrogen-bond donors (Lipinski definition) is 2. The van der Waals surface area contributed by atoms with Gasteiger partial charge in [-0.15, -0.1) is 0 Å². The quantitative estimate of drug-likeness (QED) is 0.399. The van der Waals surface area contributed by atoms with Crippen LogP contribution in [0.4, 0.5) is 0 Å². The number of esters is 2. The van der Waals surface area contributed by atoms with E-state index in [1.165, 1.54) is 21.1 Å². The standard InChI is InChI=1S/C11H20O6S/c1-7(18)5-11(9(13)15-3,10(14)16-4)6-17-8(2)12/h7,9,13,18H,5-6H2,1-4H3. The van der Waals surface area contributed by atoms with Crippen molar-refractivity contribution >= 4 is 24.6 Å². The highest BCUT2D eigenvalue weighted by molar-refractivity contribution is 7.80.